The van der Waals surface area contributed by atoms with Crippen molar-refractivity contribution in [2.24, 2.45) is 28.6 Å². The molecule has 2 aromatic carbocycles. The van der Waals surface area contributed by atoms with Crippen LogP contribution in [-0.4, -0.2) is 46.2 Å². The van der Waals surface area contributed by atoms with Crippen molar-refractivity contribution in [3.05, 3.63) is 94.6 Å². The first-order valence-corrected chi connectivity index (χ1v) is 16.1. The standard InChI is InChI=1S/C36H40O6S/c1-34-13-12-26(38)16-25(34)10-11-27-28-17-31-36(30(40)19-37,35(28,2)18-29(39)32(27)34)42-33(41-31)24-5-3-4-23(15-24)14-21-6-8-22(20-43)9-7-21/h3-9,12-13,15-16,27-29,31-33,37,39,43H,10-11,14,17-20H2,1-2H3/t27-,28-,29-,31+,32+,33+,34-,35-,36+/m0/s1. The number of ether oxygens (including phenoxy) is 2. The molecule has 7 heteroatoms. The van der Waals surface area contributed by atoms with Gasteiger partial charge in [0.25, 0.3) is 0 Å². The Morgan fingerprint density at radius 1 is 1.09 bits per heavy atom. The van der Waals surface area contributed by atoms with E-state index in [0.29, 0.717) is 18.6 Å². The molecule has 5 aliphatic rings. The molecular formula is C36H40O6S. The summed E-state index contributed by atoms with van der Waals surface area (Å²) in [6.45, 7) is 3.56. The zero-order chi connectivity index (χ0) is 30.1. The van der Waals surface area contributed by atoms with Crippen LogP contribution in [0.2, 0.25) is 0 Å². The van der Waals surface area contributed by atoms with Gasteiger partial charge < -0.3 is 19.7 Å². The maximum atomic E-state index is 13.8. The lowest BCUT2D eigenvalue weighted by atomic mass is 9.46. The van der Waals surface area contributed by atoms with E-state index >= 15 is 0 Å². The van der Waals surface area contributed by atoms with E-state index in [1.165, 1.54) is 11.1 Å². The van der Waals surface area contributed by atoms with Gasteiger partial charge in [-0.15, -0.1) is 0 Å². The summed E-state index contributed by atoms with van der Waals surface area (Å²) >= 11 is 4.35. The molecule has 1 aliphatic heterocycles. The highest BCUT2D eigenvalue weighted by molar-refractivity contribution is 7.79. The lowest BCUT2D eigenvalue weighted by Crippen LogP contribution is -2.63. The van der Waals surface area contributed by atoms with Crippen LogP contribution < -0.4 is 0 Å². The second-order valence-electron chi connectivity index (χ2n) is 13.7. The molecule has 7 rings (SSSR count). The number of hydrogen-bond acceptors (Lipinski definition) is 7. The lowest BCUT2D eigenvalue weighted by molar-refractivity contribution is -0.201. The molecule has 43 heavy (non-hydrogen) atoms. The van der Waals surface area contributed by atoms with E-state index in [1.807, 2.05) is 18.2 Å². The van der Waals surface area contributed by atoms with Crippen molar-refractivity contribution in [1.82, 2.24) is 0 Å². The minimum atomic E-state index is -1.35. The molecule has 4 aliphatic carbocycles. The first-order valence-electron chi connectivity index (χ1n) is 15.5. The molecule has 0 spiro atoms. The maximum Gasteiger partial charge on any atom is 0.193 e. The van der Waals surface area contributed by atoms with Crippen LogP contribution in [0.15, 0.2) is 72.3 Å². The molecule has 6 nitrogen and oxygen atoms in total. The first kappa shape index (κ1) is 29.2. The van der Waals surface area contributed by atoms with Gasteiger partial charge in [-0.3, -0.25) is 9.59 Å². The number of thiol groups is 1. The van der Waals surface area contributed by atoms with Crippen molar-refractivity contribution in [1.29, 1.82) is 0 Å². The van der Waals surface area contributed by atoms with Gasteiger partial charge in [0.05, 0.1) is 12.2 Å². The minimum absolute atomic E-state index is 0.00674. The van der Waals surface area contributed by atoms with Gasteiger partial charge in [0, 0.05) is 28.1 Å². The van der Waals surface area contributed by atoms with Crippen LogP contribution >= 0.6 is 12.6 Å². The van der Waals surface area contributed by atoms with Gasteiger partial charge in [-0.2, -0.15) is 12.6 Å². The van der Waals surface area contributed by atoms with Gasteiger partial charge in [-0.1, -0.05) is 74.0 Å². The van der Waals surface area contributed by atoms with E-state index in [2.05, 4.69) is 62.9 Å². The Morgan fingerprint density at radius 2 is 1.86 bits per heavy atom. The van der Waals surface area contributed by atoms with Crippen LogP contribution in [0.1, 0.15) is 68.1 Å². The maximum absolute atomic E-state index is 13.8. The molecule has 9 atom stereocenters. The number of fused-ring (bicyclic) bond motifs is 7. The summed E-state index contributed by atoms with van der Waals surface area (Å²) in [5.74, 6) is 0.470. The second kappa shape index (κ2) is 10.5. The van der Waals surface area contributed by atoms with Crippen LogP contribution in [0.4, 0.5) is 0 Å². The number of Topliss-reactive ketones (excluding diaryl/α,β-unsaturated/α-hetero) is 1. The van der Waals surface area contributed by atoms with E-state index < -0.39 is 41.5 Å². The lowest BCUT2D eigenvalue weighted by Gasteiger charge is -2.59. The number of aliphatic hydroxyl groups excluding tert-OH is 2. The number of hydrogen-bond donors (Lipinski definition) is 3. The number of aliphatic hydroxyl groups is 2. The van der Waals surface area contributed by atoms with Gasteiger partial charge in [0.15, 0.2) is 23.5 Å². The molecule has 0 unspecified atom stereocenters. The summed E-state index contributed by atoms with van der Waals surface area (Å²) in [6, 6.07) is 16.5. The summed E-state index contributed by atoms with van der Waals surface area (Å²) in [6.07, 6.45) is 6.77. The van der Waals surface area contributed by atoms with Crippen LogP contribution in [0.5, 0.6) is 0 Å². The number of benzene rings is 2. The highest BCUT2D eigenvalue weighted by atomic mass is 32.1. The summed E-state index contributed by atoms with van der Waals surface area (Å²) in [5, 5.41) is 22.1. The zero-order valence-corrected chi connectivity index (χ0v) is 25.6. The van der Waals surface area contributed by atoms with Gasteiger partial charge in [0.2, 0.25) is 0 Å². The SMILES string of the molecule is C[C@]12C=CC(=O)C=C1CC[C@@H]1[C@@H]2[C@@H](O)C[C@@]2(C)[C@H]1C[C@H]1O[C@@H](c3cccc(Cc4ccc(CS)cc4)c3)O[C@]12C(=O)CO. The van der Waals surface area contributed by atoms with E-state index in [0.717, 1.165) is 36.0 Å². The average molecular weight is 601 g/mol. The number of ketones is 2. The normalized spacial score (nSPS) is 39.5. The molecule has 0 amide bonds. The molecular weight excluding hydrogens is 560 g/mol. The Labute approximate surface area is 258 Å². The van der Waals surface area contributed by atoms with Crippen molar-refractivity contribution in [3.63, 3.8) is 0 Å². The summed E-state index contributed by atoms with van der Waals surface area (Å²) in [4.78, 5) is 26.0. The fraction of sp³-hybridized carbons (Fsp3) is 0.500. The molecule has 1 heterocycles. The summed E-state index contributed by atoms with van der Waals surface area (Å²) in [7, 11) is 0. The van der Waals surface area contributed by atoms with Crippen molar-refractivity contribution in [2.75, 3.05) is 6.61 Å². The highest BCUT2D eigenvalue weighted by Gasteiger charge is 2.75. The number of carbonyl (C=O) groups excluding carboxylic acids is 2. The molecule has 2 aromatic rings. The second-order valence-corrected chi connectivity index (χ2v) is 14.1. The van der Waals surface area contributed by atoms with E-state index in [4.69, 9.17) is 9.47 Å². The molecule has 226 valence electrons. The largest absolute Gasteiger partial charge is 0.393 e. The average Bonchev–Trinajstić information content (AvgIpc) is 3.50. The van der Waals surface area contributed by atoms with Crippen molar-refractivity contribution >= 4 is 24.2 Å². The van der Waals surface area contributed by atoms with E-state index in [-0.39, 0.29) is 29.3 Å². The smallest absolute Gasteiger partial charge is 0.193 e. The molecule has 4 fully saturated rings. The van der Waals surface area contributed by atoms with Crippen LogP contribution in [0, 0.1) is 28.6 Å². The Hall–Kier alpha value is -2.55. The fourth-order valence-corrected chi connectivity index (χ4v) is 9.89. The quantitative estimate of drug-likeness (QED) is 0.390. The van der Waals surface area contributed by atoms with Gasteiger partial charge in [0.1, 0.15) is 6.61 Å². The van der Waals surface area contributed by atoms with Crippen LogP contribution in [0.3, 0.4) is 0 Å². The van der Waals surface area contributed by atoms with E-state index in [1.54, 1.807) is 12.2 Å². The Morgan fingerprint density at radius 3 is 2.60 bits per heavy atom. The molecule has 0 bridgehead atoms. The first-order chi connectivity index (χ1) is 20.6. The Balaban J connectivity index is 1.19. The predicted octanol–water partition coefficient (Wildman–Crippen LogP) is 5.31. The van der Waals surface area contributed by atoms with Crippen molar-refractivity contribution in [3.8, 4) is 0 Å². The molecule has 1 saturated heterocycles. The molecule has 0 radical (unpaired) electrons. The van der Waals surface area contributed by atoms with Crippen LogP contribution in [-0.2, 0) is 31.2 Å². The molecule has 0 aromatic heterocycles. The molecule has 2 N–H and O–H groups in total. The number of allylic oxidation sites excluding steroid dienone is 4. The fourth-order valence-electron chi connectivity index (χ4n) is 9.68. The van der Waals surface area contributed by atoms with Gasteiger partial charge >= 0.3 is 0 Å². The van der Waals surface area contributed by atoms with E-state index in [9.17, 15) is 19.8 Å². The summed E-state index contributed by atoms with van der Waals surface area (Å²) < 4.78 is 13.4. The monoisotopic (exact) mass is 600 g/mol. The van der Waals surface area contributed by atoms with Crippen molar-refractivity contribution < 1.29 is 29.3 Å². The third kappa shape index (κ3) is 4.30. The number of carbonyl (C=O) groups is 2. The number of rotatable bonds is 6. The topological polar surface area (TPSA) is 93.1 Å². The third-order valence-electron chi connectivity index (χ3n) is 11.6. The minimum Gasteiger partial charge on any atom is -0.393 e. The predicted molar refractivity (Wildman–Crippen MR) is 165 cm³/mol. The van der Waals surface area contributed by atoms with Crippen LogP contribution in [0.25, 0.3) is 0 Å². The molecule has 3 saturated carbocycles. The third-order valence-corrected chi connectivity index (χ3v) is 12.0. The Bertz CT molecular complexity index is 1510. The Kier molecular flexibility index (Phi) is 7.14. The summed E-state index contributed by atoms with van der Waals surface area (Å²) in [5.41, 5.74) is 2.94. The van der Waals surface area contributed by atoms with Gasteiger partial charge in [-0.25, -0.2) is 0 Å². The van der Waals surface area contributed by atoms with Gasteiger partial charge in [-0.05, 0) is 72.8 Å². The van der Waals surface area contributed by atoms with Crippen molar-refractivity contribution in [2.45, 2.75) is 75.8 Å². The zero-order valence-electron chi connectivity index (χ0n) is 24.7. The highest BCUT2D eigenvalue weighted by Crippen LogP contribution is 2.70.